The predicted molar refractivity (Wildman–Crippen MR) is 17.5 cm³/mol. The molecule has 4 nitrogen and oxygen atoms in total. The molecule has 0 aliphatic rings. The standard InChI is InChI=1S/2CHN2.Hg/c2*2-1-3;/h2*2H;/q2*-1;+2. The summed E-state index contributed by atoms with van der Waals surface area (Å²) in [6, 6.07) is 0. The van der Waals surface area contributed by atoms with Gasteiger partial charge in [-0.3, -0.25) is 0 Å². The summed E-state index contributed by atoms with van der Waals surface area (Å²) in [6.07, 6.45) is 3.48. The molecule has 0 unspecified atom stereocenters. The molecular weight excluding hydrogens is 281 g/mol. The van der Waals surface area contributed by atoms with Crippen molar-refractivity contribution in [1.29, 1.82) is 10.5 Å². The van der Waals surface area contributed by atoms with Gasteiger partial charge in [0.2, 0.25) is 0 Å². The molecule has 0 saturated heterocycles. The summed E-state index contributed by atoms with van der Waals surface area (Å²) in [6.45, 7) is 0. The predicted octanol–water partition coefficient (Wildman–Crippen LogP) is -0.960. The van der Waals surface area contributed by atoms with E-state index in [1.165, 1.54) is 0 Å². The van der Waals surface area contributed by atoms with Crippen LogP contribution in [0.2, 0.25) is 0 Å². The van der Waals surface area contributed by atoms with E-state index in [0.717, 1.165) is 0 Å². The number of rotatable bonds is 2. The maximum absolute atomic E-state index is 7.84. The molecule has 0 aromatic heterocycles. The van der Waals surface area contributed by atoms with E-state index in [1.807, 2.05) is 0 Å². The molecule has 0 heterocycles. The van der Waals surface area contributed by atoms with Gasteiger partial charge < -0.3 is 0 Å². The molecule has 0 aromatic carbocycles. The van der Waals surface area contributed by atoms with Crippen LogP contribution in [0.5, 0.6) is 0 Å². The molecule has 2 N–H and O–H groups in total. The van der Waals surface area contributed by atoms with Crippen molar-refractivity contribution >= 4 is 0 Å². The van der Waals surface area contributed by atoms with Crippen LogP contribution in [0, 0.1) is 22.9 Å². The van der Waals surface area contributed by atoms with E-state index in [-0.39, 0.29) is 0 Å². The Labute approximate surface area is 54.4 Å². The van der Waals surface area contributed by atoms with Crippen LogP contribution in [0.15, 0.2) is 0 Å². The molecule has 0 spiro atoms. The van der Waals surface area contributed by atoms with Crippen LogP contribution >= 0.6 is 0 Å². The number of hydrogen-bond donors (Lipinski definition) is 2. The first kappa shape index (κ1) is 6.52. The van der Waals surface area contributed by atoms with E-state index in [2.05, 4.69) is 6.16 Å². The van der Waals surface area contributed by atoms with Crippen LogP contribution in [-0.2, 0) is 25.2 Å². The van der Waals surface area contributed by atoms with Crippen molar-refractivity contribution in [2.45, 2.75) is 0 Å². The topological polar surface area (TPSA) is 71.6 Å². The molecule has 0 atom stereocenters. The summed E-state index contributed by atoms with van der Waals surface area (Å²) < 4.78 is 4.89. The second kappa shape index (κ2) is 5.52. The third-order valence-electron chi connectivity index (χ3n) is 0.335. The van der Waals surface area contributed by atoms with Gasteiger partial charge in [-0.05, 0) is 0 Å². The number of hydrogen-bond acceptors (Lipinski definition) is 4. The van der Waals surface area contributed by atoms with E-state index in [4.69, 9.17) is 10.5 Å². The number of nitrogens with one attached hydrogen (secondary N) is 2. The van der Waals surface area contributed by atoms with Crippen LogP contribution in [0.4, 0.5) is 0 Å². The van der Waals surface area contributed by atoms with Gasteiger partial charge in [-0.15, -0.1) is 0 Å². The van der Waals surface area contributed by atoms with Gasteiger partial charge in [0.15, 0.2) is 0 Å². The normalized spacial score (nSPS) is 4.29. The van der Waals surface area contributed by atoms with Gasteiger partial charge in [0.1, 0.15) is 0 Å². The van der Waals surface area contributed by atoms with Gasteiger partial charge in [-0.25, -0.2) is 0 Å². The zero-order valence-electron chi connectivity index (χ0n) is 3.60. The second-order valence-electron chi connectivity index (χ2n) is 0.754. The van der Waals surface area contributed by atoms with E-state index in [0.29, 0.717) is 0 Å². The molecule has 0 aromatic rings. The van der Waals surface area contributed by atoms with Gasteiger partial charge in [-0.2, -0.15) is 0 Å². The number of nitriles is 2. The second-order valence-corrected chi connectivity index (χ2v) is 4.88. The Hall–Kier alpha value is -0.485. The van der Waals surface area contributed by atoms with E-state index >= 15 is 0 Å². The molecule has 0 amide bonds. The summed E-state index contributed by atoms with van der Waals surface area (Å²) >= 11 is -1.43. The zero-order valence-corrected chi connectivity index (χ0v) is 9.10. The summed E-state index contributed by atoms with van der Waals surface area (Å²) in [4.78, 5) is 0. The third-order valence-corrected chi connectivity index (χ3v) is 2.94. The van der Waals surface area contributed by atoms with Crippen LogP contribution in [0.25, 0.3) is 0 Å². The minimum atomic E-state index is -1.43. The first-order chi connectivity index (χ1) is 3.41. The van der Waals surface area contributed by atoms with Crippen LogP contribution in [0.1, 0.15) is 0 Å². The van der Waals surface area contributed by atoms with Gasteiger partial charge in [0.05, 0.1) is 0 Å². The molecular formula is C2H2HgN4. The number of nitrogens with zero attached hydrogens (tertiary/aromatic N) is 2. The van der Waals surface area contributed by atoms with Gasteiger partial charge >= 0.3 is 54.2 Å². The van der Waals surface area contributed by atoms with E-state index < -0.39 is 25.2 Å². The summed E-state index contributed by atoms with van der Waals surface area (Å²) in [5.74, 6) is 0. The molecule has 0 aliphatic heterocycles. The quantitative estimate of drug-likeness (QED) is 0.296. The van der Waals surface area contributed by atoms with Gasteiger partial charge in [0, 0.05) is 0 Å². The van der Waals surface area contributed by atoms with Crippen LogP contribution in [-0.4, -0.2) is 0 Å². The zero-order chi connectivity index (χ0) is 5.54. The SMILES string of the molecule is N#C[NH][Hg][NH]C#N. The van der Waals surface area contributed by atoms with Crippen molar-refractivity contribution in [2.75, 3.05) is 0 Å². The summed E-state index contributed by atoms with van der Waals surface area (Å²) in [5, 5.41) is 15.7. The average molecular weight is 283 g/mol. The van der Waals surface area contributed by atoms with Gasteiger partial charge in [-0.1, -0.05) is 0 Å². The van der Waals surface area contributed by atoms with Crippen molar-refractivity contribution in [3.8, 4) is 12.4 Å². The Morgan fingerprint density at radius 2 is 1.57 bits per heavy atom. The Morgan fingerprint density at radius 3 is 1.86 bits per heavy atom. The molecule has 0 bridgehead atoms. The Balaban J connectivity index is 2.77. The van der Waals surface area contributed by atoms with Crippen molar-refractivity contribution in [2.24, 2.45) is 0 Å². The van der Waals surface area contributed by atoms with E-state index in [1.54, 1.807) is 12.4 Å². The average Bonchev–Trinajstić information content (AvgIpc) is 1.69. The van der Waals surface area contributed by atoms with Crippen molar-refractivity contribution in [3.63, 3.8) is 0 Å². The van der Waals surface area contributed by atoms with Crippen LogP contribution < -0.4 is 6.16 Å². The maximum atomic E-state index is 7.84. The first-order valence-corrected chi connectivity index (χ1v) is 7.15. The van der Waals surface area contributed by atoms with Crippen LogP contribution in [0.3, 0.4) is 0 Å². The molecule has 0 saturated carbocycles. The Morgan fingerprint density at radius 1 is 1.14 bits per heavy atom. The fourth-order valence-corrected chi connectivity index (χ4v) is 1.08. The molecule has 0 radical (unpaired) electrons. The monoisotopic (exact) mass is 284 g/mol. The molecule has 0 fully saturated rings. The molecule has 0 rings (SSSR count). The van der Waals surface area contributed by atoms with Crippen molar-refractivity contribution in [1.82, 2.24) is 6.16 Å². The Kier molecular flexibility index (Phi) is 5.13. The fraction of sp³-hybridized carbons (Fsp3) is 0. The third kappa shape index (κ3) is 5.52. The molecule has 5 heteroatoms. The summed E-state index contributed by atoms with van der Waals surface area (Å²) in [7, 11) is 0. The van der Waals surface area contributed by atoms with Crippen molar-refractivity contribution < 1.29 is 25.2 Å². The first-order valence-electron chi connectivity index (χ1n) is 1.65. The minimum absolute atomic E-state index is 1.43. The molecule has 0 aliphatic carbocycles. The summed E-state index contributed by atoms with van der Waals surface area (Å²) in [5.41, 5.74) is 0. The van der Waals surface area contributed by atoms with Crippen molar-refractivity contribution in [3.05, 3.63) is 0 Å². The molecule has 32 valence electrons. The molecule has 7 heavy (non-hydrogen) atoms. The fourth-order valence-electron chi connectivity index (χ4n) is 0.123. The Bertz CT molecular complexity index is 93.8. The van der Waals surface area contributed by atoms with E-state index in [9.17, 15) is 0 Å². The van der Waals surface area contributed by atoms with Gasteiger partial charge in [0.25, 0.3) is 0 Å².